The summed E-state index contributed by atoms with van der Waals surface area (Å²) in [5.41, 5.74) is 2.87. The molecular weight excluding hydrogens is 408 g/mol. The van der Waals surface area contributed by atoms with E-state index in [-0.39, 0.29) is 11.8 Å². The summed E-state index contributed by atoms with van der Waals surface area (Å²) < 4.78 is 16.1. The predicted molar refractivity (Wildman–Crippen MR) is 122 cm³/mol. The Balaban J connectivity index is 1.35. The largest absolute Gasteiger partial charge is 0.493 e. The topological polar surface area (TPSA) is 89.7 Å². The number of aryl methyl sites for hydroxylation is 1. The van der Waals surface area contributed by atoms with Crippen molar-refractivity contribution in [3.8, 4) is 22.9 Å². The van der Waals surface area contributed by atoms with Crippen molar-refractivity contribution in [2.45, 2.75) is 26.2 Å². The molecule has 0 aliphatic carbocycles. The van der Waals surface area contributed by atoms with Gasteiger partial charge >= 0.3 is 6.01 Å². The summed E-state index contributed by atoms with van der Waals surface area (Å²) in [6.45, 7) is 3.47. The Labute approximate surface area is 187 Å². The summed E-state index contributed by atoms with van der Waals surface area (Å²) in [5.74, 6) is 1.75. The Morgan fingerprint density at radius 2 is 1.81 bits per heavy atom. The Kier molecular flexibility index (Phi) is 6.58. The minimum absolute atomic E-state index is 0.0367. The number of anilines is 2. The summed E-state index contributed by atoms with van der Waals surface area (Å²) in [7, 11) is 3.18. The van der Waals surface area contributed by atoms with Crippen LogP contribution in [0.2, 0.25) is 0 Å². The molecule has 1 aromatic heterocycles. The van der Waals surface area contributed by atoms with Crippen LogP contribution in [0.4, 0.5) is 11.7 Å². The molecular formula is C24H28N4O4. The minimum atomic E-state index is -0.0367. The van der Waals surface area contributed by atoms with Crippen LogP contribution in [0.1, 0.15) is 25.3 Å². The maximum absolute atomic E-state index is 12.7. The molecule has 1 aliphatic rings. The van der Waals surface area contributed by atoms with Crippen LogP contribution in [0.25, 0.3) is 11.4 Å². The van der Waals surface area contributed by atoms with Crippen molar-refractivity contribution < 1.29 is 18.8 Å². The van der Waals surface area contributed by atoms with Gasteiger partial charge in [0.2, 0.25) is 11.7 Å². The fourth-order valence-corrected chi connectivity index (χ4v) is 3.84. The molecule has 0 saturated carbocycles. The van der Waals surface area contributed by atoms with Crippen LogP contribution < -0.4 is 19.7 Å². The smallest absolute Gasteiger partial charge is 0.324 e. The van der Waals surface area contributed by atoms with Gasteiger partial charge in [-0.3, -0.25) is 4.79 Å². The molecule has 2 aromatic carbocycles. The van der Waals surface area contributed by atoms with E-state index in [1.54, 1.807) is 14.2 Å². The van der Waals surface area contributed by atoms with Gasteiger partial charge in [0.25, 0.3) is 0 Å². The van der Waals surface area contributed by atoms with Crippen molar-refractivity contribution in [1.29, 1.82) is 0 Å². The van der Waals surface area contributed by atoms with Crippen molar-refractivity contribution in [2.24, 2.45) is 5.92 Å². The molecule has 1 fully saturated rings. The van der Waals surface area contributed by atoms with E-state index in [2.05, 4.69) is 22.4 Å². The summed E-state index contributed by atoms with van der Waals surface area (Å²) in [6, 6.07) is 14.0. The van der Waals surface area contributed by atoms with Crippen molar-refractivity contribution >= 4 is 17.6 Å². The molecule has 4 rings (SSSR count). The van der Waals surface area contributed by atoms with E-state index in [1.807, 2.05) is 47.4 Å². The van der Waals surface area contributed by atoms with Gasteiger partial charge in [-0.05, 0) is 55.2 Å². The van der Waals surface area contributed by atoms with Crippen LogP contribution >= 0.6 is 0 Å². The number of ether oxygens (including phenoxy) is 2. The standard InChI is InChI=1S/C24H28N4O4/c1-4-16-5-8-19(9-6-16)25-23(29)17-11-13-28(14-12-17)24-26-22(27-32-24)18-7-10-20(30-2)21(15-18)31-3/h5-10,15,17H,4,11-14H2,1-3H3,(H,25,29). The molecule has 1 amide bonds. The molecule has 168 valence electrons. The molecule has 32 heavy (non-hydrogen) atoms. The van der Waals surface area contributed by atoms with Crippen LogP contribution in [0.15, 0.2) is 47.0 Å². The molecule has 1 saturated heterocycles. The Hall–Kier alpha value is -3.55. The maximum atomic E-state index is 12.7. The van der Waals surface area contributed by atoms with Gasteiger partial charge in [-0.15, -0.1) is 0 Å². The highest BCUT2D eigenvalue weighted by molar-refractivity contribution is 5.92. The number of benzene rings is 2. The molecule has 1 N–H and O–H groups in total. The van der Waals surface area contributed by atoms with Crippen LogP contribution in [-0.4, -0.2) is 43.4 Å². The number of amides is 1. The van der Waals surface area contributed by atoms with Crippen LogP contribution in [-0.2, 0) is 11.2 Å². The number of piperidine rings is 1. The van der Waals surface area contributed by atoms with Crippen LogP contribution in [0.5, 0.6) is 11.5 Å². The lowest BCUT2D eigenvalue weighted by molar-refractivity contribution is -0.120. The monoisotopic (exact) mass is 436 g/mol. The van der Waals surface area contributed by atoms with E-state index in [1.165, 1.54) is 5.56 Å². The molecule has 8 heteroatoms. The summed E-state index contributed by atoms with van der Waals surface area (Å²) in [6.07, 6.45) is 2.44. The number of nitrogens with one attached hydrogen (secondary N) is 1. The van der Waals surface area contributed by atoms with E-state index in [0.717, 1.165) is 30.5 Å². The number of carbonyl (C=O) groups is 1. The van der Waals surface area contributed by atoms with Crippen LogP contribution in [0.3, 0.4) is 0 Å². The van der Waals surface area contributed by atoms with Crippen molar-refractivity contribution in [3.05, 3.63) is 48.0 Å². The fraction of sp³-hybridized carbons (Fsp3) is 0.375. The molecule has 8 nitrogen and oxygen atoms in total. The average Bonchev–Trinajstić information content (AvgIpc) is 3.34. The fourth-order valence-electron chi connectivity index (χ4n) is 3.84. The third-order valence-corrected chi connectivity index (χ3v) is 5.82. The number of rotatable bonds is 7. The van der Waals surface area contributed by atoms with Gasteiger partial charge in [-0.25, -0.2) is 0 Å². The van der Waals surface area contributed by atoms with Gasteiger partial charge < -0.3 is 24.2 Å². The Morgan fingerprint density at radius 3 is 2.47 bits per heavy atom. The first-order chi connectivity index (χ1) is 15.6. The zero-order valence-corrected chi connectivity index (χ0v) is 18.6. The van der Waals surface area contributed by atoms with E-state index in [4.69, 9.17) is 14.0 Å². The number of methoxy groups -OCH3 is 2. The molecule has 3 aromatic rings. The van der Waals surface area contributed by atoms with Crippen molar-refractivity contribution in [2.75, 3.05) is 37.5 Å². The lowest BCUT2D eigenvalue weighted by atomic mass is 9.96. The third kappa shape index (κ3) is 4.69. The summed E-state index contributed by atoms with van der Waals surface area (Å²) in [5, 5.41) is 7.15. The SMILES string of the molecule is CCc1ccc(NC(=O)C2CCN(c3nc(-c4ccc(OC)c(OC)c4)no3)CC2)cc1. The first kappa shape index (κ1) is 21.7. The highest BCUT2D eigenvalue weighted by atomic mass is 16.5. The molecule has 0 radical (unpaired) electrons. The lowest BCUT2D eigenvalue weighted by Crippen LogP contribution is -2.38. The van der Waals surface area contributed by atoms with E-state index >= 15 is 0 Å². The van der Waals surface area contributed by atoms with Crippen molar-refractivity contribution in [3.63, 3.8) is 0 Å². The van der Waals surface area contributed by atoms with Gasteiger partial charge in [0.15, 0.2) is 11.5 Å². The predicted octanol–water partition coefficient (Wildman–Crippen LogP) is 4.17. The second-order valence-corrected chi connectivity index (χ2v) is 7.77. The zero-order chi connectivity index (χ0) is 22.5. The second-order valence-electron chi connectivity index (χ2n) is 7.77. The normalized spacial score (nSPS) is 14.3. The Morgan fingerprint density at radius 1 is 1.09 bits per heavy atom. The van der Waals surface area contributed by atoms with Crippen LogP contribution in [0, 0.1) is 5.92 Å². The second kappa shape index (κ2) is 9.72. The third-order valence-electron chi connectivity index (χ3n) is 5.82. The van der Waals surface area contributed by atoms with Crippen molar-refractivity contribution in [1.82, 2.24) is 10.1 Å². The zero-order valence-electron chi connectivity index (χ0n) is 18.6. The Bertz CT molecular complexity index is 1060. The molecule has 2 heterocycles. The highest BCUT2D eigenvalue weighted by Gasteiger charge is 2.27. The molecule has 0 unspecified atom stereocenters. The minimum Gasteiger partial charge on any atom is -0.493 e. The van der Waals surface area contributed by atoms with Gasteiger partial charge in [-0.2, -0.15) is 4.98 Å². The lowest BCUT2D eigenvalue weighted by Gasteiger charge is -2.29. The molecule has 1 aliphatic heterocycles. The van der Waals surface area contributed by atoms with E-state index < -0.39 is 0 Å². The van der Waals surface area contributed by atoms with Gasteiger partial charge in [0.1, 0.15) is 0 Å². The molecule has 0 spiro atoms. The van der Waals surface area contributed by atoms with E-state index in [0.29, 0.717) is 36.4 Å². The number of aromatic nitrogens is 2. The first-order valence-electron chi connectivity index (χ1n) is 10.8. The quantitative estimate of drug-likeness (QED) is 0.594. The summed E-state index contributed by atoms with van der Waals surface area (Å²) in [4.78, 5) is 19.2. The molecule has 0 atom stereocenters. The average molecular weight is 437 g/mol. The first-order valence-corrected chi connectivity index (χ1v) is 10.8. The number of carbonyl (C=O) groups excluding carboxylic acids is 1. The van der Waals surface area contributed by atoms with Gasteiger partial charge in [0, 0.05) is 30.3 Å². The number of hydrogen-bond donors (Lipinski definition) is 1. The van der Waals surface area contributed by atoms with E-state index in [9.17, 15) is 4.79 Å². The maximum Gasteiger partial charge on any atom is 0.324 e. The highest BCUT2D eigenvalue weighted by Crippen LogP contribution is 2.32. The number of nitrogens with zero attached hydrogens (tertiary/aromatic N) is 3. The molecule has 0 bridgehead atoms. The number of hydrogen-bond acceptors (Lipinski definition) is 7. The van der Waals surface area contributed by atoms with Gasteiger partial charge in [-0.1, -0.05) is 24.2 Å². The van der Waals surface area contributed by atoms with Gasteiger partial charge in [0.05, 0.1) is 14.2 Å². The summed E-state index contributed by atoms with van der Waals surface area (Å²) >= 11 is 0.